The van der Waals surface area contributed by atoms with E-state index in [2.05, 4.69) is 58.5 Å². The van der Waals surface area contributed by atoms with Gasteiger partial charge in [0, 0.05) is 17.5 Å². The predicted octanol–water partition coefficient (Wildman–Crippen LogP) is 2.16. The Balaban J connectivity index is 1.92. The zero-order chi connectivity index (χ0) is 11.2. The maximum atomic E-state index is 3.53. The molecule has 2 atom stereocenters. The molecule has 2 aliphatic rings. The molecule has 1 aromatic heterocycles. The number of aromatic nitrogens is 1. The van der Waals surface area contributed by atoms with Crippen molar-refractivity contribution in [1.29, 1.82) is 0 Å². The minimum Gasteiger partial charge on any atom is -0.274 e. The smallest absolute Gasteiger partial charge is 0.274 e. The molecule has 0 radical (unpaired) electrons. The summed E-state index contributed by atoms with van der Waals surface area (Å²) in [6, 6.07) is 15.8. The highest BCUT2D eigenvalue weighted by molar-refractivity contribution is 5.39. The fraction of sp³-hybridized carbons (Fsp3) is 0.267. The van der Waals surface area contributed by atoms with Gasteiger partial charge in [0.2, 0.25) is 0 Å². The molecule has 2 heteroatoms. The van der Waals surface area contributed by atoms with Gasteiger partial charge in [-0.3, -0.25) is 5.32 Å². The summed E-state index contributed by atoms with van der Waals surface area (Å²) in [4.78, 5) is 0. The molecule has 0 bridgehead atoms. The Morgan fingerprint density at radius 2 is 1.94 bits per heavy atom. The van der Waals surface area contributed by atoms with Crippen LogP contribution in [0, 0.1) is 5.92 Å². The van der Waals surface area contributed by atoms with Crippen molar-refractivity contribution < 1.29 is 4.57 Å². The third kappa shape index (κ3) is 1.24. The summed E-state index contributed by atoms with van der Waals surface area (Å²) in [5.74, 6) is 1.94. The molecule has 2 aromatic rings. The minimum atomic E-state index is 0.531. The predicted molar refractivity (Wildman–Crippen MR) is 66.9 cm³/mol. The van der Waals surface area contributed by atoms with Crippen molar-refractivity contribution in [1.82, 2.24) is 0 Å². The van der Waals surface area contributed by atoms with Crippen LogP contribution < -0.4 is 9.88 Å². The van der Waals surface area contributed by atoms with Gasteiger partial charge >= 0.3 is 0 Å². The van der Waals surface area contributed by atoms with E-state index in [1.54, 1.807) is 0 Å². The minimum absolute atomic E-state index is 0.531. The molecule has 1 aliphatic heterocycles. The van der Waals surface area contributed by atoms with E-state index in [0.717, 1.165) is 6.54 Å². The van der Waals surface area contributed by atoms with Crippen molar-refractivity contribution in [2.75, 3.05) is 11.9 Å². The van der Waals surface area contributed by atoms with Gasteiger partial charge in [0.15, 0.2) is 0 Å². The first kappa shape index (κ1) is 9.23. The maximum absolute atomic E-state index is 3.53. The highest BCUT2D eigenvalue weighted by Gasteiger charge is 2.41. The number of hydrogen-bond donors (Lipinski definition) is 1. The van der Waals surface area contributed by atoms with Crippen molar-refractivity contribution in [3.8, 4) is 0 Å². The zero-order valence-corrected chi connectivity index (χ0v) is 9.63. The molecule has 0 amide bonds. The van der Waals surface area contributed by atoms with Crippen LogP contribution in [0.3, 0.4) is 0 Å². The van der Waals surface area contributed by atoms with Gasteiger partial charge in [-0.2, -0.15) is 0 Å². The maximum Gasteiger partial charge on any atom is 0.274 e. The van der Waals surface area contributed by atoms with Crippen molar-refractivity contribution >= 4 is 5.82 Å². The third-order valence-electron chi connectivity index (χ3n) is 4.04. The first-order chi connectivity index (χ1) is 8.43. The molecule has 0 fully saturated rings. The number of nitrogens with one attached hydrogen (secondary N) is 1. The molecule has 0 saturated carbocycles. The van der Waals surface area contributed by atoms with E-state index in [4.69, 9.17) is 0 Å². The molecule has 1 aliphatic carbocycles. The van der Waals surface area contributed by atoms with Gasteiger partial charge in [-0.1, -0.05) is 30.3 Å². The molecule has 1 aromatic carbocycles. The summed E-state index contributed by atoms with van der Waals surface area (Å²) in [5, 5.41) is 3.53. The van der Waals surface area contributed by atoms with Crippen LogP contribution in [0.1, 0.15) is 17.2 Å². The van der Waals surface area contributed by atoms with Crippen molar-refractivity contribution in [2.24, 2.45) is 5.92 Å². The van der Waals surface area contributed by atoms with Crippen LogP contribution in [0.25, 0.3) is 0 Å². The van der Waals surface area contributed by atoms with Crippen LogP contribution in [0.4, 0.5) is 5.82 Å². The fourth-order valence-electron chi connectivity index (χ4n) is 3.30. The van der Waals surface area contributed by atoms with Crippen LogP contribution in [0.2, 0.25) is 0 Å². The Morgan fingerprint density at radius 3 is 2.94 bits per heavy atom. The molecule has 2 heterocycles. The lowest BCUT2D eigenvalue weighted by molar-refractivity contribution is -0.709. The number of fused-ring (bicyclic) bond motifs is 5. The number of nitrogens with zero attached hydrogens (tertiary/aromatic N) is 1. The normalized spacial score (nSPS) is 24.5. The molecule has 0 unspecified atom stereocenters. The molecule has 1 N–H and O–H groups in total. The Bertz CT molecular complexity index is 577. The third-order valence-corrected chi connectivity index (χ3v) is 4.04. The molecule has 0 saturated heterocycles. The van der Waals surface area contributed by atoms with E-state index in [1.165, 1.54) is 23.4 Å². The van der Waals surface area contributed by atoms with Crippen molar-refractivity contribution in [2.45, 2.75) is 12.5 Å². The second-order valence-corrected chi connectivity index (χ2v) is 4.98. The summed E-state index contributed by atoms with van der Waals surface area (Å²) in [7, 11) is 0. The second kappa shape index (κ2) is 3.33. The number of rotatable bonds is 0. The molecule has 2 nitrogen and oxygen atoms in total. The van der Waals surface area contributed by atoms with Gasteiger partial charge < -0.3 is 0 Å². The van der Waals surface area contributed by atoms with E-state index < -0.39 is 0 Å². The summed E-state index contributed by atoms with van der Waals surface area (Å²) < 4.78 is 2.39. The van der Waals surface area contributed by atoms with Crippen LogP contribution in [0.5, 0.6) is 0 Å². The highest BCUT2D eigenvalue weighted by Crippen LogP contribution is 2.38. The topological polar surface area (TPSA) is 15.9 Å². The van der Waals surface area contributed by atoms with Gasteiger partial charge in [0.1, 0.15) is 6.04 Å². The first-order valence-electron chi connectivity index (χ1n) is 6.25. The monoisotopic (exact) mass is 223 g/mol. The molecule has 17 heavy (non-hydrogen) atoms. The van der Waals surface area contributed by atoms with Gasteiger partial charge in [-0.05, 0) is 18.1 Å². The summed E-state index contributed by atoms with van der Waals surface area (Å²) >= 11 is 0. The van der Waals surface area contributed by atoms with Crippen molar-refractivity contribution in [3.63, 3.8) is 0 Å². The lowest BCUT2D eigenvalue weighted by Gasteiger charge is -2.25. The quantitative estimate of drug-likeness (QED) is 0.677. The Hall–Kier alpha value is -1.83. The first-order valence-corrected chi connectivity index (χ1v) is 6.25. The van der Waals surface area contributed by atoms with Gasteiger partial charge in [0.05, 0.1) is 12.7 Å². The lowest BCUT2D eigenvalue weighted by atomic mass is 9.98. The van der Waals surface area contributed by atoms with Gasteiger partial charge in [-0.15, -0.1) is 0 Å². The number of hydrogen-bond acceptors (Lipinski definition) is 1. The highest BCUT2D eigenvalue weighted by atomic mass is 15.2. The van der Waals surface area contributed by atoms with E-state index in [-0.39, 0.29) is 0 Å². The van der Waals surface area contributed by atoms with Crippen LogP contribution >= 0.6 is 0 Å². The summed E-state index contributed by atoms with van der Waals surface area (Å²) in [6.45, 7) is 1.09. The Morgan fingerprint density at radius 1 is 1.06 bits per heavy atom. The summed E-state index contributed by atoms with van der Waals surface area (Å²) in [5.41, 5.74) is 3.03. The SMILES string of the molecule is c1ccc2c(c1)C[C@H]1CNc3cccc[n+]3[C@@H]21. The lowest BCUT2D eigenvalue weighted by Crippen LogP contribution is -2.50. The van der Waals surface area contributed by atoms with Gasteiger partial charge in [0.25, 0.3) is 5.82 Å². The van der Waals surface area contributed by atoms with Crippen LogP contribution in [0.15, 0.2) is 48.7 Å². The second-order valence-electron chi connectivity index (χ2n) is 4.98. The molecule has 4 rings (SSSR count). The average Bonchev–Trinajstić information content (AvgIpc) is 2.77. The standard InChI is InChI=1S/C15H14N2/c1-2-6-13-11(5-1)9-12-10-16-14-7-3-4-8-17(14)15(12)13/h1-8,12,15H,9-10H2/p+1/t12-,15+/m0/s1. The van der Waals surface area contributed by atoms with Crippen molar-refractivity contribution in [3.05, 3.63) is 59.8 Å². The number of pyridine rings is 1. The molecular formula is C15H15N2+. The zero-order valence-electron chi connectivity index (χ0n) is 9.63. The van der Waals surface area contributed by atoms with E-state index in [1.807, 2.05) is 0 Å². The average molecular weight is 223 g/mol. The fourth-order valence-corrected chi connectivity index (χ4v) is 3.30. The summed E-state index contributed by atoms with van der Waals surface area (Å²) in [6.07, 6.45) is 3.40. The van der Waals surface area contributed by atoms with Crippen LogP contribution in [-0.4, -0.2) is 6.54 Å². The molecule has 0 spiro atoms. The molecule has 84 valence electrons. The Kier molecular flexibility index (Phi) is 1.81. The van der Waals surface area contributed by atoms with Crippen LogP contribution in [-0.2, 0) is 6.42 Å². The molecular weight excluding hydrogens is 208 g/mol. The Labute approximate surface area is 101 Å². The van der Waals surface area contributed by atoms with E-state index in [0.29, 0.717) is 12.0 Å². The number of anilines is 1. The largest absolute Gasteiger partial charge is 0.274 e. The van der Waals surface area contributed by atoms with E-state index >= 15 is 0 Å². The number of benzene rings is 1. The van der Waals surface area contributed by atoms with E-state index in [9.17, 15) is 0 Å². The van der Waals surface area contributed by atoms with Gasteiger partial charge in [-0.25, -0.2) is 4.57 Å².